The second kappa shape index (κ2) is 7.60. The Morgan fingerprint density at radius 3 is 2.20 bits per heavy atom. The van der Waals surface area contributed by atoms with Gasteiger partial charge in [-0.15, -0.1) is 0 Å². The fourth-order valence-corrected chi connectivity index (χ4v) is 3.88. The van der Waals surface area contributed by atoms with E-state index in [0.717, 1.165) is 29.6 Å². The second-order valence-electron chi connectivity index (χ2n) is 2.59. The number of hydrogen-bond donors (Lipinski definition) is 0. The lowest BCUT2D eigenvalue weighted by Gasteiger charge is -2.22. The number of thioether (sulfide) groups is 1. The Balaban J connectivity index is 4.93. The molecular formula is C8H19N2O2PS2. The standard InChI is InChI=1S/C8H19N2O2PS2/c1-6-10(7-2)8(14-4)9-13(11,12-3)15-5/h6-7H2,1-5H3/b9-8-. The maximum Gasteiger partial charge on any atom is 0.373 e. The van der Waals surface area contributed by atoms with E-state index in [4.69, 9.17) is 4.52 Å². The van der Waals surface area contributed by atoms with E-state index in [1.165, 1.54) is 18.9 Å². The highest BCUT2D eigenvalue weighted by Crippen LogP contribution is 2.59. The maximum atomic E-state index is 12.0. The molecule has 0 saturated carbocycles. The van der Waals surface area contributed by atoms with E-state index in [1.54, 1.807) is 6.26 Å². The van der Waals surface area contributed by atoms with Crippen LogP contribution in [0.15, 0.2) is 4.76 Å². The van der Waals surface area contributed by atoms with Gasteiger partial charge in [-0.05, 0) is 37.7 Å². The van der Waals surface area contributed by atoms with Gasteiger partial charge in [0.25, 0.3) is 0 Å². The molecular weight excluding hydrogens is 251 g/mol. The molecule has 4 nitrogen and oxygen atoms in total. The van der Waals surface area contributed by atoms with Crippen molar-refractivity contribution in [2.24, 2.45) is 4.76 Å². The van der Waals surface area contributed by atoms with Gasteiger partial charge in [0.2, 0.25) is 0 Å². The summed E-state index contributed by atoms with van der Waals surface area (Å²) in [6, 6.07) is 0. The molecule has 0 saturated heterocycles. The molecule has 1 unspecified atom stereocenters. The van der Waals surface area contributed by atoms with E-state index in [1.807, 2.05) is 20.1 Å². The maximum absolute atomic E-state index is 12.0. The minimum absolute atomic E-state index is 0.777. The zero-order chi connectivity index (χ0) is 11.9. The van der Waals surface area contributed by atoms with Crippen molar-refractivity contribution in [1.29, 1.82) is 0 Å². The minimum Gasteiger partial charge on any atom is -0.352 e. The first-order chi connectivity index (χ1) is 7.06. The molecule has 0 aliphatic carbocycles. The normalized spacial score (nSPS) is 16.2. The number of rotatable bonds is 5. The monoisotopic (exact) mass is 270 g/mol. The second-order valence-corrected chi connectivity index (χ2v) is 7.71. The molecule has 0 aliphatic heterocycles. The van der Waals surface area contributed by atoms with Crippen LogP contribution in [0.5, 0.6) is 0 Å². The predicted molar refractivity (Wildman–Crippen MR) is 72.0 cm³/mol. The summed E-state index contributed by atoms with van der Waals surface area (Å²) in [7, 11) is 1.43. The Morgan fingerprint density at radius 1 is 1.40 bits per heavy atom. The molecule has 0 aromatic heterocycles. The van der Waals surface area contributed by atoms with Crippen LogP contribution in [0.3, 0.4) is 0 Å². The van der Waals surface area contributed by atoms with E-state index in [2.05, 4.69) is 9.66 Å². The summed E-state index contributed by atoms with van der Waals surface area (Å²) in [5.41, 5.74) is 0. The highest BCUT2D eigenvalue weighted by Gasteiger charge is 2.21. The summed E-state index contributed by atoms with van der Waals surface area (Å²) in [6.07, 6.45) is 3.67. The van der Waals surface area contributed by atoms with Gasteiger partial charge in [-0.25, -0.2) is 0 Å². The van der Waals surface area contributed by atoms with Crippen molar-refractivity contribution in [3.8, 4) is 0 Å². The zero-order valence-electron chi connectivity index (χ0n) is 9.89. The SMILES string of the molecule is CCN(CC)/C(=N/P(=O)(OC)SC)SC. The summed E-state index contributed by atoms with van der Waals surface area (Å²) >= 11 is 2.66. The first-order valence-corrected chi connectivity index (χ1v) is 9.30. The topological polar surface area (TPSA) is 41.9 Å². The molecule has 0 aliphatic rings. The van der Waals surface area contributed by atoms with Gasteiger partial charge in [-0.3, -0.25) is 4.57 Å². The fraction of sp³-hybridized carbons (Fsp3) is 0.875. The van der Waals surface area contributed by atoms with Crippen LogP contribution >= 0.6 is 29.9 Å². The van der Waals surface area contributed by atoms with Crippen molar-refractivity contribution in [1.82, 2.24) is 4.90 Å². The minimum atomic E-state index is -2.89. The number of amidine groups is 1. The molecule has 0 N–H and O–H groups in total. The van der Waals surface area contributed by atoms with Crippen molar-refractivity contribution in [3.05, 3.63) is 0 Å². The van der Waals surface area contributed by atoms with Gasteiger partial charge in [0.15, 0.2) is 5.17 Å². The Kier molecular flexibility index (Phi) is 7.79. The van der Waals surface area contributed by atoms with Crippen LogP contribution in [-0.2, 0) is 9.09 Å². The van der Waals surface area contributed by atoms with Crippen LogP contribution < -0.4 is 0 Å². The van der Waals surface area contributed by atoms with Crippen LogP contribution in [0.4, 0.5) is 0 Å². The molecule has 0 aromatic carbocycles. The largest absolute Gasteiger partial charge is 0.373 e. The first kappa shape index (κ1) is 15.4. The molecule has 15 heavy (non-hydrogen) atoms. The van der Waals surface area contributed by atoms with Crippen molar-refractivity contribution in [2.45, 2.75) is 13.8 Å². The molecule has 7 heteroatoms. The smallest absolute Gasteiger partial charge is 0.352 e. The van der Waals surface area contributed by atoms with E-state index >= 15 is 0 Å². The quantitative estimate of drug-likeness (QED) is 0.436. The molecule has 0 fully saturated rings. The molecule has 0 radical (unpaired) electrons. The fourth-order valence-electron chi connectivity index (χ4n) is 0.988. The average molecular weight is 270 g/mol. The van der Waals surface area contributed by atoms with Crippen molar-refractivity contribution in [3.63, 3.8) is 0 Å². The number of nitrogens with zero attached hydrogens (tertiary/aromatic N) is 2. The lowest BCUT2D eigenvalue weighted by atomic mass is 10.6. The van der Waals surface area contributed by atoms with Crippen molar-refractivity contribution in [2.75, 3.05) is 32.7 Å². The molecule has 90 valence electrons. The Morgan fingerprint density at radius 2 is 1.93 bits per heavy atom. The third-order valence-corrected chi connectivity index (χ3v) is 6.17. The van der Waals surface area contributed by atoms with Gasteiger partial charge in [-0.2, -0.15) is 4.76 Å². The van der Waals surface area contributed by atoms with E-state index in [0.29, 0.717) is 0 Å². The van der Waals surface area contributed by atoms with E-state index < -0.39 is 6.72 Å². The van der Waals surface area contributed by atoms with Crippen LogP contribution in [0.25, 0.3) is 0 Å². The van der Waals surface area contributed by atoms with Crippen molar-refractivity contribution < 1.29 is 9.09 Å². The van der Waals surface area contributed by atoms with Crippen molar-refractivity contribution >= 4 is 35.0 Å². The molecule has 0 heterocycles. The molecule has 0 amide bonds. The summed E-state index contributed by atoms with van der Waals surface area (Å²) in [6.45, 7) is 2.91. The van der Waals surface area contributed by atoms with Gasteiger partial charge >= 0.3 is 6.72 Å². The Labute approximate surface area is 100 Å². The highest BCUT2D eigenvalue weighted by molar-refractivity contribution is 8.56. The molecule has 0 bridgehead atoms. The molecule has 1 atom stereocenters. The predicted octanol–water partition coefficient (Wildman–Crippen LogP) is 3.16. The van der Waals surface area contributed by atoms with Crippen LogP contribution in [0, 0.1) is 0 Å². The summed E-state index contributed by atoms with van der Waals surface area (Å²) in [4.78, 5) is 2.06. The summed E-state index contributed by atoms with van der Waals surface area (Å²) < 4.78 is 21.1. The van der Waals surface area contributed by atoms with Crippen LogP contribution in [0.2, 0.25) is 0 Å². The average Bonchev–Trinajstić information content (AvgIpc) is 2.29. The highest BCUT2D eigenvalue weighted by atomic mass is 32.7. The number of hydrogen-bond acceptors (Lipinski definition) is 4. The third kappa shape index (κ3) is 4.81. The lowest BCUT2D eigenvalue weighted by Crippen LogP contribution is -2.27. The van der Waals surface area contributed by atoms with E-state index in [9.17, 15) is 4.57 Å². The Hall–Kier alpha value is 0.360. The summed E-state index contributed by atoms with van der Waals surface area (Å²) in [5, 5.41) is 0.777. The van der Waals surface area contributed by atoms with Crippen LogP contribution in [-0.4, -0.2) is 42.8 Å². The van der Waals surface area contributed by atoms with Gasteiger partial charge in [0.05, 0.1) is 0 Å². The van der Waals surface area contributed by atoms with Gasteiger partial charge in [0, 0.05) is 20.2 Å². The lowest BCUT2D eigenvalue weighted by molar-refractivity contribution is 0.409. The van der Waals surface area contributed by atoms with Crippen LogP contribution in [0.1, 0.15) is 13.8 Å². The van der Waals surface area contributed by atoms with Gasteiger partial charge < -0.3 is 9.42 Å². The molecule has 0 spiro atoms. The van der Waals surface area contributed by atoms with E-state index in [-0.39, 0.29) is 0 Å². The van der Waals surface area contributed by atoms with Gasteiger partial charge in [-0.1, -0.05) is 11.8 Å². The Bertz CT molecular complexity index is 249. The molecule has 0 rings (SSSR count). The van der Waals surface area contributed by atoms with Gasteiger partial charge in [0.1, 0.15) is 0 Å². The third-order valence-electron chi connectivity index (χ3n) is 1.89. The summed E-state index contributed by atoms with van der Waals surface area (Å²) in [5.74, 6) is 0. The first-order valence-electron chi connectivity index (χ1n) is 4.67. The zero-order valence-corrected chi connectivity index (χ0v) is 12.4. The molecule has 0 aromatic rings.